The summed E-state index contributed by atoms with van der Waals surface area (Å²) in [7, 11) is 3.11. The summed E-state index contributed by atoms with van der Waals surface area (Å²) in [6.45, 7) is 0. The molecule has 0 saturated heterocycles. The van der Waals surface area contributed by atoms with Gasteiger partial charge in [0.2, 0.25) is 11.8 Å². The summed E-state index contributed by atoms with van der Waals surface area (Å²) < 4.78 is 10.4. The van der Waals surface area contributed by atoms with Gasteiger partial charge >= 0.3 is 0 Å². The van der Waals surface area contributed by atoms with E-state index in [1.54, 1.807) is 32.4 Å². The topological polar surface area (TPSA) is 76.7 Å². The average molecular weight is 346 g/mol. The molecule has 0 aliphatic heterocycles. The molecule has 0 bridgehead atoms. The van der Waals surface area contributed by atoms with Gasteiger partial charge in [0.25, 0.3) is 0 Å². The maximum absolute atomic E-state index is 12.7. The zero-order valence-electron chi connectivity index (χ0n) is 14.9. The molecule has 2 aliphatic carbocycles. The van der Waals surface area contributed by atoms with Crippen LogP contribution in [0.3, 0.4) is 0 Å². The first-order valence-corrected chi connectivity index (χ1v) is 8.93. The monoisotopic (exact) mass is 346 g/mol. The molecule has 1 aromatic rings. The van der Waals surface area contributed by atoms with Crippen LogP contribution in [0.15, 0.2) is 18.2 Å². The molecule has 2 amide bonds. The first kappa shape index (κ1) is 17.6. The van der Waals surface area contributed by atoms with E-state index in [1.807, 2.05) is 0 Å². The SMILES string of the molecule is COc1ccc(NC(=O)C2(C(=O)NC3CCCCC3)CC2)cc1OC. The fourth-order valence-electron chi connectivity index (χ4n) is 3.42. The lowest BCUT2D eigenvalue weighted by Gasteiger charge is -2.25. The zero-order valence-corrected chi connectivity index (χ0v) is 14.9. The summed E-state index contributed by atoms with van der Waals surface area (Å²) >= 11 is 0. The normalized spacial score (nSPS) is 19.0. The third-order valence-corrected chi connectivity index (χ3v) is 5.20. The number of carbonyl (C=O) groups is 2. The van der Waals surface area contributed by atoms with Crippen LogP contribution in [0.2, 0.25) is 0 Å². The van der Waals surface area contributed by atoms with Crippen LogP contribution in [-0.4, -0.2) is 32.1 Å². The van der Waals surface area contributed by atoms with E-state index in [-0.39, 0.29) is 17.9 Å². The molecule has 2 aliphatic rings. The number of amides is 2. The van der Waals surface area contributed by atoms with Gasteiger partial charge in [-0.1, -0.05) is 19.3 Å². The highest BCUT2D eigenvalue weighted by atomic mass is 16.5. The summed E-state index contributed by atoms with van der Waals surface area (Å²) in [5.41, 5.74) is -0.315. The van der Waals surface area contributed by atoms with E-state index in [1.165, 1.54) is 6.42 Å². The van der Waals surface area contributed by atoms with E-state index in [4.69, 9.17) is 9.47 Å². The number of methoxy groups -OCH3 is 2. The van der Waals surface area contributed by atoms with Crippen LogP contribution < -0.4 is 20.1 Å². The molecular formula is C19H26N2O4. The Morgan fingerprint density at radius 3 is 2.28 bits per heavy atom. The van der Waals surface area contributed by atoms with E-state index in [2.05, 4.69) is 10.6 Å². The zero-order chi connectivity index (χ0) is 17.9. The molecule has 1 aromatic carbocycles. The molecule has 3 rings (SSSR count). The third kappa shape index (κ3) is 3.72. The van der Waals surface area contributed by atoms with Gasteiger partial charge in [-0.2, -0.15) is 0 Å². The van der Waals surface area contributed by atoms with E-state index in [9.17, 15) is 9.59 Å². The lowest BCUT2D eigenvalue weighted by atomic mass is 9.94. The molecule has 6 heteroatoms. The molecule has 2 fully saturated rings. The number of hydrogen-bond donors (Lipinski definition) is 2. The van der Waals surface area contributed by atoms with E-state index < -0.39 is 5.41 Å². The molecule has 25 heavy (non-hydrogen) atoms. The highest BCUT2D eigenvalue weighted by Gasteiger charge is 2.56. The van der Waals surface area contributed by atoms with Crippen molar-refractivity contribution in [2.24, 2.45) is 5.41 Å². The van der Waals surface area contributed by atoms with Gasteiger partial charge in [-0.25, -0.2) is 0 Å². The van der Waals surface area contributed by atoms with Gasteiger partial charge in [0.15, 0.2) is 11.5 Å². The second kappa shape index (κ2) is 7.33. The number of benzene rings is 1. The van der Waals surface area contributed by atoms with Crippen molar-refractivity contribution in [1.29, 1.82) is 0 Å². The van der Waals surface area contributed by atoms with Gasteiger partial charge in [-0.05, 0) is 37.8 Å². The minimum atomic E-state index is -0.912. The number of hydrogen-bond acceptors (Lipinski definition) is 4. The Morgan fingerprint density at radius 1 is 1.00 bits per heavy atom. The minimum absolute atomic E-state index is 0.127. The van der Waals surface area contributed by atoms with Crippen LogP contribution >= 0.6 is 0 Å². The highest BCUT2D eigenvalue weighted by Crippen LogP contribution is 2.47. The number of anilines is 1. The van der Waals surface area contributed by atoms with Crippen LogP contribution in [0, 0.1) is 5.41 Å². The summed E-state index contributed by atoms with van der Waals surface area (Å²) in [5, 5.41) is 5.94. The third-order valence-electron chi connectivity index (χ3n) is 5.20. The van der Waals surface area contributed by atoms with Crippen LogP contribution in [-0.2, 0) is 9.59 Å². The molecule has 0 spiro atoms. The fourth-order valence-corrected chi connectivity index (χ4v) is 3.42. The molecule has 136 valence electrons. The Morgan fingerprint density at radius 2 is 1.68 bits per heavy atom. The lowest BCUT2D eigenvalue weighted by Crippen LogP contribution is -2.45. The van der Waals surface area contributed by atoms with Gasteiger partial charge in [0, 0.05) is 17.8 Å². The maximum atomic E-state index is 12.7. The van der Waals surface area contributed by atoms with Crippen molar-refractivity contribution in [3.63, 3.8) is 0 Å². The summed E-state index contributed by atoms with van der Waals surface area (Å²) in [6, 6.07) is 5.39. The fraction of sp³-hybridized carbons (Fsp3) is 0.579. The number of ether oxygens (including phenoxy) is 2. The van der Waals surface area contributed by atoms with Gasteiger partial charge in [-0.15, -0.1) is 0 Å². The average Bonchev–Trinajstić information content (AvgIpc) is 3.44. The summed E-state index contributed by atoms with van der Waals surface area (Å²) in [5.74, 6) is 0.763. The van der Waals surface area contributed by atoms with Crippen molar-refractivity contribution < 1.29 is 19.1 Å². The molecule has 2 N–H and O–H groups in total. The van der Waals surface area contributed by atoms with Crippen molar-refractivity contribution in [2.45, 2.75) is 51.0 Å². The smallest absolute Gasteiger partial charge is 0.240 e. The van der Waals surface area contributed by atoms with Gasteiger partial charge < -0.3 is 20.1 Å². The predicted octanol–water partition coefficient (Wildman–Crippen LogP) is 2.87. The first-order chi connectivity index (χ1) is 12.1. The van der Waals surface area contributed by atoms with Crippen LogP contribution in [0.1, 0.15) is 44.9 Å². The largest absolute Gasteiger partial charge is 0.493 e. The van der Waals surface area contributed by atoms with E-state index in [0.717, 1.165) is 25.7 Å². The van der Waals surface area contributed by atoms with Gasteiger partial charge in [0.05, 0.1) is 14.2 Å². The Kier molecular flexibility index (Phi) is 5.16. The first-order valence-electron chi connectivity index (χ1n) is 8.93. The van der Waals surface area contributed by atoms with Crippen LogP contribution in [0.5, 0.6) is 11.5 Å². The van der Waals surface area contributed by atoms with Crippen molar-refractivity contribution >= 4 is 17.5 Å². The molecule has 0 radical (unpaired) electrons. The minimum Gasteiger partial charge on any atom is -0.493 e. The van der Waals surface area contributed by atoms with Crippen LogP contribution in [0.4, 0.5) is 5.69 Å². The second-order valence-corrected chi connectivity index (χ2v) is 6.91. The number of rotatable bonds is 6. The van der Waals surface area contributed by atoms with E-state index in [0.29, 0.717) is 30.0 Å². The molecule has 2 saturated carbocycles. The molecule has 0 aromatic heterocycles. The second-order valence-electron chi connectivity index (χ2n) is 6.91. The number of carbonyl (C=O) groups excluding carboxylic acids is 2. The predicted molar refractivity (Wildman–Crippen MR) is 94.9 cm³/mol. The molecular weight excluding hydrogens is 320 g/mol. The molecule has 6 nitrogen and oxygen atoms in total. The summed E-state index contributed by atoms with van der Waals surface area (Å²) in [4.78, 5) is 25.3. The quantitative estimate of drug-likeness (QED) is 0.777. The molecule has 0 unspecified atom stereocenters. The lowest BCUT2D eigenvalue weighted by molar-refractivity contribution is -0.135. The summed E-state index contributed by atoms with van der Waals surface area (Å²) in [6.07, 6.45) is 6.76. The Balaban J connectivity index is 1.64. The molecule has 0 heterocycles. The van der Waals surface area contributed by atoms with Crippen molar-refractivity contribution in [3.05, 3.63) is 18.2 Å². The van der Waals surface area contributed by atoms with Crippen LogP contribution in [0.25, 0.3) is 0 Å². The standard InChI is InChI=1S/C19H26N2O4/c1-24-15-9-8-14(12-16(15)25-2)21-18(23)19(10-11-19)17(22)20-13-6-4-3-5-7-13/h8-9,12-13H,3-7,10-11H2,1-2H3,(H,20,22)(H,21,23). The Labute approximate surface area is 148 Å². The van der Waals surface area contributed by atoms with Crippen molar-refractivity contribution in [3.8, 4) is 11.5 Å². The van der Waals surface area contributed by atoms with Crippen molar-refractivity contribution in [1.82, 2.24) is 5.32 Å². The Hall–Kier alpha value is -2.24. The maximum Gasteiger partial charge on any atom is 0.240 e. The molecule has 0 atom stereocenters. The van der Waals surface area contributed by atoms with Gasteiger partial charge in [0.1, 0.15) is 5.41 Å². The Bertz CT molecular complexity index is 649. The van der Waals surface area contributed by atoms with Crippen molar-refractivity contribution in [2.75, 3.05) is 19.5 Å². The van der Waals surface area contributed by atoms with Gasteiger partial charge in [-0.3, -0.25) is 9.59 Å². The number of nitrogens with one attached hydrogen (secondary N) is 2. The van der Waals surface area contributed by atoms with E-state index >= 15 is 0 Å². The highest BCUT2D eigenvalue weighted by molar-refractivity contribution is 6.13.